The zero-order chi connectivity index (χ0) is 13.7. The maximum atomic E-state index is 6.07. The lowest BCUT2D eigenvalue weighted by Gasteiger charge is -2.21. The number of likely N-dealkylation sites (N-methyl/N-ethyl adjacent to an activating group) is 1. The molecular weight excluding hydrogens is 240 g/mol. The van der Waals surface area contributed by atoms with Gasteiger partial charge in [-0.3, -0.25) is 4.90 Å². The third-order valence-electron chi connectivity index (χ3n) is 3.50. The third-order valence-corrected chi connectivity index (χ3v) is 3.50. The smallest absolute Gasteiger partial charge is 0.0947 e. The van der Waals surface area contributed by atoms with Crippen LogP contribution in [0, 0.1) is 0 Å². The van der Waals surface area contributed by atoms with Gasteiger partial charge in [-0.1, -0.05) is 13.8 Å². The van der Waals surface area contributed by atoms with Crippen LogP contribution in [-0.2, 0) is 11.3 Å². The molecule has 0 bridgehead atoms. The van der Waals surface area contributed by atoms with E-state index in [2.05, 4.69) is 31.1 Å². The zero-order valence-corrected chi connectivity index (χ0v) is 12.3. The summed E-state index contributed by atoms with van der Waals surface area (Å²) < 4.78 is 11.2. The molecule has 2 atom stereocenters. The van der Waals surface area contributed by atoms with E-state index in [0.29, 0.717) is 18.2 Å². The Kier molecular flexibility index (Phi) is 5.43. The lowest BCUT2D eigenvalue weighted by Crippen LogP contribution is -2.34. The highest BCUT2D eigenvalue weighted by molar-refractivity contribution is 5.04. The van der Waals surface area contributed by atoms with Gasteiger partial charge in [0.15, 0.2) is 0 Å². The van der Waals surface area contributed by atoms with Crippen molar-refractivity contribution in [2.75, 3.05) is 20.1 Å². The molecule has 1 aliphatic rings. The normalized spacial score (nSPS) is 23.6. The van der Waals surface area contributed by atoms with Crippen LogP contribution in [0.4, 0.5) is 0 Å². The highest BCUT2D eigenvalue weighted by Gasteiger charge is 2.25. The molecule has 4 heteroatoms. The van der Waals surface area contributed by atoms with Crippen molar-refractivity contribution < 1.29 is 9.15 Å². The minimum Gasteiger partial charge on any atom is -0.472 e. The summed E-state index contributed by atoms with van der Waals surface area (Å²) in [5.41, 5.74) is 1.22. The van der Waals surface area contributed by atoms with Crippen molar-refractivity contribution in [3.05, 3.63) is 24.2 Å². The van der Waals surface area contributed by atoms with Crippen LogP contribution in [0.5, 0.6) is 0 Å². The van der Waals surface area contributed by atoms with Gasteiger partial charge in [-0.2, -0.15) is 0 Å². The van der Waals surface area contributed by atoms with Gasteiger partial charge in [-0.05, 0) is 26.0 Å². The first-order valence-electron chi connectivity index (χ1n) is 7.22. The Labute approximate surface area is 116 Å². The summed E-state index contributed by atoms with van der Waals surface area (Å²) in [7, 11) is 2.13. The Hall–Kier alpha value is -0.840. The summed E-state index contributed by atoms with van der Waals surface area (Å²) in [6.07, 6.45) is 6.62. The van der Waals surface area contributed by atoms with E-state index in [-0.39, 0.29) is 0 Å². The lowest BCUT2D eigenvalue weighted by molar-refractivity contribution is 0.0259. The molecule has 0 spiro atoms. The second-order valence-corrected chi connectivity index (χ2v) is 5.85. The van der Waals surface area contributed by atoms with Crippen molar-refractivity contribution in [1.29, 1.82) is 0 Å². The van der Waals surface area contributed by atoms with Gasteiger partial charge in [-0.25, -0.2) is 0 Å². The van der Waals surface area contributed by atoms with Crippen molar-refractivity contribution in [3.8, 4) is 0 Å². The molecule has 1 fully saturated rings. The van der Waals surface area contributed by atoms with Crippen LogP contribution in [0.1, 0.15) is 32.3 Å². The van der Waals surface area contributed by atoms with E-state index in [1.165, 1.54) is 18.4 Å². The van der Waals surface area contributed by atoms with E-state index < -0.39 is 0 Å². The first-order valence-corrected chi connectivity index (χ1v) is 7.22. The molecule has 1 aromatic heterocycles. The van der Waals surface area contributed by atoms with Gasteiger partial charge in [-0.15, -0.1) is 0 Å². The maximum absolute atomic E-state index is 6.07. The molecule has 4 nitrogen and oxygen atoms in total. The average Bonchev–Trinajstić information content (AvgIpc) is 2.98. The van der Waals surface area contributed by atoms with Crippen LogP contribution >= 0.6 is 0 Å². The van der Waals surface area contributed by atoms with Crippen molar-refractivity contribution in [2.45, 2.75) is 51.5 Å². The highest BCUT2D eigenvalue weighted by atomic mass is 16.5. The van der Waals surface area contributed by atoms with Crippen molar-refractivity contribution >= 4 is 0 Å². The molecule has 0 radical (unpaired) electrons. The maximum Gasteiger partial charge on any atom is 0.0947 e. The van der Waals surface area contributed by atoms with Crippen LogP contribution in [0.2, 0.25) is 0 Å². The Balaban J connectivity index is 1.66. The van der Waals surface area contributed by atoms with Gasteiger partial charge in [0.2, 0.25) is 0 Å². The number of hydrogen-bond acceptors (Lipinski definition) is 4. The number of nitrogens with one attached hydrogen (secondary N) is 1. The molecule has 0 amide bonds. The fourth-order valence-corrected chi connectivity index (χ4v) is 2.54. The molecule has 2 unspecified atom stereocenters. The molecule has 2 rings (SSSR count). The van der Waals surface area contributed by atoms with Gasteiger partial charge in [0.25, 0.3) is 0 Å². The van der Waals surface area contributed by atoms with Gasteiger partial charge in [0.1, 0.15) is 0 Å². The van der Waals surface area contributed by atoms with Gasteiger partial charge >= 0.3 is 0 Å². The quantitative estimate of drug-likeness (QED) is 0.821. The Morgan fingerprint density at radius 1 is 1.37 bits per heavy atom. The number of rotatable bonds is 7. The number of furan rings is 1. The van der Waals surface area contributed by atoms with E-state index in [1.54, 1.807) is 12.5 Å². The first-order chi connectivity index (χ1) is 9.13. The Morgan fingerprint density at radius 2 is 2.16 bits per heavy atom. The lowest BCUT2D eigenvalue weighted by atomic mass is 10.2. The summed E-state index contributed by atoms with van der Waals surface area (Å²) in [5, 5.41) is 3.45. The monoisotopic (exact) mass is 266 g/mol. The minimum absolute atomic E-state index is 0.371. The first kappa shape index (κ1) is 14.6. The number of nitrogens with zero attached hydrogens (tertiary/aromatic N) is 1. The summed E-state index contributed by atoms with van der Waals surface area (Å²) in [5.74, 6) is 0. The van der Waals surface area contributed by atoms with E-state index >= 15 is 0 Å². The molecule has 0 saturated carbocycles. The molecule has 1 N–H and O–H groups in total. The molecule has 0 aromatic carbocycles. The molecule has 108 valence electrons. The molecule has 1 aromatic rings. The topological polar surface area (TPSA) is 37.6 Å². The van der Waals surface area contributed by atoms with E-state index in [1.807, 2.05) is 6.07 Å². The molecule has 19 heavy (non-hydrogen) atoms. The van der Waals surface area contributed by atoms with Crippen molar-refractivity contribution in [1.82, 2.24) is 10.2 Å². The van der Waals surface area contributed by atoms with E-state index in [9.17, 15) is 0 Å². The molecule has 0 aliphatic carbocycles. The predicted octanol–water partition coefficient (Wildman–Crippen LogP) is 2.26. The second kappa shape index (κ2) is 7.08. The summed E-state index contributed by atoms with van der Waals surface area (Å²) in [4.78, 5) is 2.30. The minimum atomic E-state index is 0.371. The van der Waals surface area contributed by atoms with Gasteiger partial charge in [0.05, 0.1) is 24.7 Å². The number of ether oxygens (including phenoxy) is 1. The second-order valence-electron chi connectivity index (χ2n) is 5.85. The van der Waals surface area contributed by atoms with E-state index in [0.717, 1.165) is 19.6 Å². The fraction of sp³-hybridized carbons (Fsp3) is 0.733. The number of hydrogen-bond donors (Lipinski definition) is 1. The van der Waals surface area contributed by atoms with Gasteiger partial charge < -0.3 is 14.5 Å². The SMILES string of the molecule is CC(C)NCC1CCC(CN(C)Cc2ccoc2)O1. The van der Waals surface area contributed by atoms with Crippen molar-refractivity contribution in [2.24, 2.45) is 0 Å². The molecule has 2 heterocycles. The van der Waals surface area contributed by atoms with Crippen LogP contribution in [-0.4, -0.2) is 43.3 Å². The summed E-state index contributed by atoms with van der Waals surface area (Å²) in [6.45, 7) is 7.23. The summed E-state index contributed by atoms with van der Waals surface area (Å²) >= 11 is 0. The van der Waals surface area contributed by atoms with Crippen molar-refractivity contribution in [3.63, 3.8) is 0 Å². The Bertz CT molecular complexity index is 351. The average molecular weight is 266 g/mol. The van der Waals surface area contributed by atoms with Crippen LogP contribution < -0.4 is 5.32 Å². The molecule has 1 aliphatic heterocycles. The largest absolute Gasteiger partial charge is 0.472 e. The Morgan fingerprint density at radius 3 is 2.84 bits per heavy atom. The van der Waals surface area contributed by atoms with E-state index in [4.69, 9.17) is 9.15 Å². The predicted molar refractivity (Wildman–Crippen MR) is 76.1 cm³/mol. The molecular formula is C15H26N2O2. The van der Waals surface area contributed by atoms with Crippen LogP contribution in [0.25, 0.3) is 0 Å². The zero-order valence-electron chi connectivity index (χ0n) is 12.3. The van der Waals surface area contributed by atoms with Crippen LogP contribution in [0.3, 0.4) is 0 Å². The third kappa shape index (κ3) is 4.97. The summed E-state index contributed by atoms with van der Waals surface area (Å²) in [6, 6.07) is 2.55. The fourth-order valence-electron chi connectivity index (χ4n) is 2.54. The highest BCUT2D eigenvalue weighted by Crippen LogP contribution is 2.20. The van der Waals surface area contributed by atoms with Gasteiger partial charge in [0, 0.05) is 31.2 Å². The molecule has 1 saturated heterocycles. The van der Waals surface area contributed by atoms with Crippen LogP contribution in [0.15, 0.2) is 23.0 Å². The standard InChI is InChI=1S/C15H26N2O2/c1-12(2)16-8-14-4-5-15(19-14)10-17(3)9-13-6-7-18-11-13/h6-7,11-12,14-16H,4-5,8-10H2,1-3H3.